The summed E-state index contributed by atoms with van der Waals surface area (Å²) in [5.74, 6) is -0.393. The molecule has 0 aromatic carbocycles. The monoisotopic (exact) mass is 299 g/mol. The lowest BCUT2D eigenvalue weighted by Crippen LogP contribution is -2.40. The smallest absolute Gasteiger partial charge is 0.300 e. The van der Waals surface area contributed by atoms with Crippen molar-refractivity contribution in [1.82, 2.24) is 9.88 Å². The number of carbonyl (C=O) groups excluding carboxylic acids is 1. The summed E-state index contributed by atoms with van der Waals surface area (Å²) in [6.07, 6.45) is 2.58. The van der Waals surface area contributed by atoms with Crippen LogP contribution in [-0.2, 0) is 4.74 Å². The van der Waals surface area contributed by atoms with Crippen LogP contribution in [0.25, 0.3) is 0 Å². The second-order valence-electron chi connectivity index (χ2n) is 4.51. The number of amides is 1. The number of nitrogens with zero attached hydrogens (tertiary/aromatic N) is 3. The third-order valence-electron chi connectivity index (χ3n) is 3.34. The van der Waals surface area contributed by atoms with Crippen LogP contribution in [-0.4, -0.2) is 47.0 Å². The first-order valence-corrected chi connectivity index (χ1v) is 6.52. The number of halogens is 1. The van der Waals surface area contributed by atoms with E-state index in [0.717, 1.165) is 19.0 Å². The van der Waals surface area contributed by atoms with E-state index >= 15 is 0 Å². The van der Waals surface area contributed by atoms with E-state index < -0.39 is 10.8 Å². The number of ether oxygens (including phenoxy) is 1. The lowest BCUT2D eigenvalue weighted by atomic mass is 10.1. The van der Waals surface area contributed by atoms with Gasteiger partial charge in [0.05, 0.1) is 11.0 Å². The van der Waals surface area contributed by atoms with Crippen molar-refractivity contribution in [2.45, 2.75) is 18.9 Å². The third-order valence-corrected chi connectivity index (χ3v) is 3.55. The van der Waals surface area contributed by atoms with Crippen LogP contribution in [0.1, 0.15) is 23.2 Å². The van der Waals surface area contributed by atoms with Crippen molar-refractivity contribution in [3.8, 4) is 0 Å². The molecule has 20 heavy (non-hydrogen) atoms. The van der Waals surface area contributed by atoms with Gasteiger partial charge in [0, 0.05) is 20.2 Å². The fraction of sp³-hybridized carbons (Fsp3) is 0.500. The average Bonchev–Trinajstić information content (AvgIpc) is 2.46. The van der Waals surface area contributed by atoms with E-state index in [4.69, 9.17) is 16.3 Å². The van der Waals surface area contributed by atoms with Crippen LogP contribution in [0.5, 0.6) is 0 Å². The summed E-state index contributed by atoms with van der Waals surface area (Å²) < 4.78 is 5.23. The number of carbonyl (C=O) groups is 1. The van der Waals surface area contributed by atoms with Crippen molar-refractivity contribution < 1.29 is 14.5 Å². The molecule has 1 aromatic rings. The Kier molecular flexibility index (Phi) is 4.51. The molecular weight excluding hydrogens is 286 g/mol. The van der Waals surface area contributed by atoms with Gasteiger partial charge in [-0.15, -0.1) is 0 Å². The third kappa shape index (κ3) is 3.05. The molecule has 1 aliphatic heterocycles. The largest absolute Gasteiger partial charge is 0.381 e. The van der Waals surface area contributed by atoms with E-state index in [1.165, 1.54) is 6.07 Å². The molecule has 0 spiro atoms. The van der Waals surface area contributed by atoms with E-state index in [-0.39, 0.29) is 22.5 Å². The second-order valence-corrected chi connectivity index (χ2v) is 4.90. The van der Waals surface area contributed by atoms with Crippen LogP contribution in [0.2, 0.25) is 5.15 Å². The van der Waals surface area contributed by atoms with Crippen molar-refractivity contribution in [2.75, 3.05) is 20.2 Å². The number of hydrogen-bond acceptors (Lipinski definition) is 5. The highest BCUT2D eigenvalue weighted by Gasteiger charge is 2.28. The van der Waals surface area contributed by atoms with Gasteiger partial charge in [-0.25, -0.2) is 4.98 Å². The first kappa shape index (κ1) is 14.7. The number of nitro groups is 1. The van der Waals surface area contributed by atoms with Crippen LogP contribution >= 0.6 is 11.6 Å². The Morgan fingerprint density at radius 1 is 1.55 bits per heavy atom. The molecule has 0 N–H and O–H groups in total. The lowest BCUT2D eigenvalue weighted by molar-refractivity contribution is -0.385. The van der Waals surface area contributed by atoms with Crippen molar-refractivity contribution in [3.05, 3.63) is 33.1 Å². The maximum atomic E-state index is 12.4. The van der Waals surface area contributed by atoms with Crippen LogP contribution < -0.4 is 0 Å². The Morgan fingerprint density at radius 2 is 2.20 bits per heavy atom. The molecule has 0 atom stereocenters. The highest BCUT2D eigenvalue weighted by atomic mass is 35.5. The molecule has 108 valence electrons. The number of rotatable bonds is 3. The van der Waals surface area contributed by atoms with Gasteiger partial charge < -0.3 is 9.64 Å². The molecule has 2 heterocycles. The van der Waals surface area contributed by atoms with Crippen LogP contribution in [0.3, 0.4) is 0 Å². The molecular formula is C12H14ClN3O4. The molecule has 1 saturated heterocycles. The number of methoxy groups -OCH3 is 1. The quantitative estimate of drug-likeness (QED) is 0.483. The van der Waals surface area contributed by atoms with E-state index in [2.05, 4.69) is 4.98 Å². The normalized spacial score (nSPS) is 16.2. The average molecular weight is 300 g/mol. The molecule has 1 aromatic heterocycles. The minimum absolute atomic E-state index is 0.0223. The summed E-state index contributed by atoms with van der Waals surface area (Å²) in [6, 6.07) is 1.24. The van der Waals surface area contributed by atoms with Gasteiger partial charge in [-0.1, -0.05) is 11.6 Å². The molecule has 8 heteroatoms. The first-order valence-electron chi connectivity index (χ1n) is 6.15. The van der Waals surface area contributed by atoms with E-state index in [9.17, 15) is 14.9 Å². The number of aromatic nitrogens is 1. The maximum absolute atomic E-state index is 12.4. The van der Waals surface area contributed by atoms with Gasteiger partial charge in [-0.3, -0.25) is 14.9 Å². The highest BCUT2D eigenvalue weighted by molar-refractivity contribution is 6.29. The fourth-order valence-corrected chi connectivity index (χ4v) is 2.36. The molecule has 0 saturated carbocycles. The van der Waals surface area contributed by atoms with Crippen molar-refractivity contribution >= 4 is 23.2 Å². The summed E-state index contributed by atoms with van der Waals surface area (Å²) in [6.45, 7) is 1.02. The van der Waals surface area contributed by atoms with Gasteiger partial charge in [-0.05, 0) is 18.9 Å². The SMILES string of the molecule is COC1CCN(C(=O)c2cc(Cl)ncc2[N+](=O)[O-])CC1. The highest BCUT2D eigenvalue weighted by Crippen LogP contribution is 2.24. The molecule has 0 bridgehead atoms. The van der Waals surface area contributed by atoms with Gasteiger partial charge >= 0.3 is 0 Å². The topological polar surface area (TPSA) is 85.6 Å². The Hall–Kier alpha value is -1.73. The lowest BCUT2D eigenvalue weighted by Gasteiger charge is -2.31. The Bertz CT molecular complexity index is 529. The molecule has 1 aliphatic rings. The summed E-state index contributed by atoms with van der Waals surface area (Å²) in [5, 5.41) is 11.0. The Labute approximate surface area is 120 Å². The van der Waals surface area contributed by atoms with Crippen molar-refractivity contribution in [1.29, 1.82) is 0 Å². The van der Waals surface area contributed by atoms with E-state index in [0.29, 0.717) is 13.1 Å². The van der Waals surface area contributed by atoms with Gasteiger partial charge in [0.25, 0.3) is 11.6 Å². The van der Waals surface area contributed by atoms with Crippen LogP contribution in [0.4, 0.5) is 5.69 Å². The van der Waals surface area contributed by atoms with E-state index in [1.54, 1.807) is 12.0 Å². The maximum Gasteiger partial charge on any atom is 0.300 e. The molecule has 0 radical (unpaired) electrons. The van der Waals surface area contributed by atoms with Crippen molar-refractivity contribution in [3.63, 3.8) is 0 Å². The summed E-state index contributed by atoms with van der Waals surface area (Å²) >= 11 is 5.73. The Morgan fingerprint density at radius 3 is 2.75 bits per heavy atom. The summed E-state index contributed by atoms with van der Waals surface area (Å²) in [5.41, 5.74) is -0.348. The standard InChI is InChI=1S/C12H14ClN3O4/c1-20-8-2-4-15(5-3-8)12(17)9-6-11(13)14-7-10(9)16(18)19/h6-8H,2-5H2,1H3. The second kappa shape index (κ2) is 6.15. The number of piperidine rings is 1. The summed E-state index contributed by atoms with van der Waals surface area (Å²) in [4.78, 5) is 27.9. The van der Waals surface area contributed by atoms with Gasteiger partial charge in [0.2, 0.25) is 0 Å². The molecule has 2 rings (SSSR count). The Balaban J connectivity index is 2.21. The molecule has 7 nitrogen and oxygen atoms in total. The van der Waals surface area contributed by atoms with Gasteiger partial charge in [0.1, 0.15) is 16.9 Å². The number of pyridine rings is 1. The molecule has 1 fully saturated rings. The van der Waals surface area contributed by atoms with Crippen LogP contribution in [0, 0.1) is 10.1 Å². The fourth-order valence-electron chi connectivity index (χ4n) is 2.20. The number of hydrogen-bond donors (Lipinski definition) is 0. The predicted octanol–water partition coefficient (Wildman–Crippen LogP) is 1.89. The molecule has 0 unspecified atom stereocenters. The summed E-state index contributed by atoms with van der Waals surface area (Å²) in [7, 11) is 1.63. The molecule has 1 amide bonds. The first-order chi connectivity index (χ1) is 9.52. The van der Waals surface area contributed by atoms with Crippen molar-refractivity contribution in [2.24, 2.45) is 0 Å². The number of likely N-dealkylation sites (tertiary alicyclic amines) is 1. The predicted molar refractivity (Wildman–Crippen MR) is 71.8 cm³/mol. The van der Waals surface area contributed by atoms with E-state index in [1.807, 2.05) is 0 Å². The van der Waals surface area contributed by atoms with Gasteiger partial charge in [-0.2, -0.15) is 0 Å². The zero-order chi connectivity index (χ0) is 14.7. The molecule has 0 aliphatic carbocycles. The zero-order valence-corrected chi connectivity index (χ0v) is 11.7. The van der Waals surface area contributed by atoms with Crippen LogP contribution in [0.15, 0.2) is 12.3 Å². The zero-order valence-electron chi connectivity index (χ0n) is 10.9. The minimum Gasteiger partial charge on any atom is -0.381 e. The minimum atomic E-state index is -0.627. The van der Waals surface area contributed by atoms with Gasteiger partial charge in [0.15, 0.2) is 0 Å².